The fraction of sp³-hybridized carbons (Fsp3) is 0.500. The van der Waals surface area contributed by atoms with Crippen LogP contribution < -0.4 is 0 Å². The standard InChI is InChI=1S/C12H16BrNO/c1-10(14-6-8-15-9-7-14)11-4-2-3-5-12(11)13/h2-5,10H,6-9H2,1H3. The third-order valence-electron chi connectivity index (χ3n) is 2.95. The molecule has 1 aromatic rings. The highest BCUT2D eigenvalue weighted by Crippen LogP contribution is 2.27. The zero-order chi connectivity index (χ0) is 10.7. The van der Waals surface area contributed by atoms with Crippen LogP contribution in [0.4, 0.5) is 0 Å². The molecule has 0 aromatic heterocycles. The van der Waals surface area contributed by atoms with Gasteiger partial charge in [-0.05, 0) is 18.6 Å². The van der Waals surface area contributed by atoms with Crippen molar-refractivity contribution in [1.29, 1.82) is 0 Å². The highest BCUT2D eigenvalue weighted by atomic mass is 79.9. The van der Waals surface area contributed by atoms with Crippen LogP contribution in [0.5, 0.6) is 0 Å². The van der Waals surface area contributed by atoms with E-state index < -0.39 is 0 Å². The van der Waals surface area contributed by atoms with Crippen LogP contribution in [0.1, 0.15) is 18.5 Å². The van der Waals surface area contributed by atoms with Gasteiger partial charge in [0, 0.05) is 23.6 Å². The molecule has 2 nitrogen and oxygen atoms in total. The summed E-state index contributed by atoms with van der Waals surface area (Å²) in [4.78, 5) is 2.46. The minimum Gasteiger partial charge on any atom is -0.379 e. The molecule has 0 N–H and O–H groups in total. The second kappa shape index (κ2) is 5.10. The van der Waals surface area contributed by atoms with Crippen LogP contribution in [0.2, 0.25) is 0 Å². The number of benzene rings is 1. The lowest BCUT2D eigenvalue weighted by Crippen LogP contribution is -2.38. The molecule has 2 rings (SSSR count). The molecule has 1 aliphatic heterocycles. The van der Waals surface area contributed by atoms with Gasteiger partial charge >= 0.3 is 0 Å². The predicted octanol–water partition coefficient (Wildman–Crippen LogP) is 2.84. The summed E-state index contributed by atoms with van der Waals surface area (Å²) in [6.07, 6.45) is 0. The summed E-state index contributed by atoms with van der Waals surface area (Å²) >= 11 is 3.61. The molecule has 1 atom stereocenters. The smallest absolute Gasteiger partial charge is 0.0594 e. The third-order valence-corrected chi connectivity index (χ3v) is 3.67. The summed E-state index contributed by atoms with van der Waals surface area (Å²) in [6, 6.07) is 8.90. The summed E-state index contributed by atoms with van der Waals surface area (Å²) in [5, 5.41) is 0. The maximum atomic E-state index is 5.36. The largest absolute Gasteiger partial charge is 0.379 e. The van der Waals surface area contributed by atoms with Crippen LogP contribution >= 0.6 is 15.9 Å². The molecular weight excluding hydrogens is 254 g/mol. The molecule has 15 heavy (non-hydrogen) atoms. The van der Waals surface area contributed by atoms with E-state index in [-0.39, 0.29) is 0 Å². The first-order chi connectivity index (χ1) is 7.29. The fourth-order valence-electron chi connectivity index (χ4n) is 1.98. The molecule has 0 aliphatic carbocycles. The lowest BCUT2D eigenvalue weighted by molar-refractivity contribution is 0.0197. The van der Waals surface area contributed by atoms with Crippen molar-refractivity contribution in [2.24, 2.45) is 0 Å². The molecule has 1 aromatic carbocycles. The fourth-order valence-corrected chi connectivity index (χ4v) is 2.59. The summed E-state index contributed by atoms with van der Waals surface area (Å²) in [5.41, 5.74) is 1.36. The molecular formula is C12H16BrNO. The lowest BCUT2D eigenvalue weighted by atomic mass is 10.1. The van der Waals surface area contributed by atoms with Gasteiger partial charge in [0.1, 0.15) is 0 Å². The Hall–Kier alpha value is -0.380. The van der Waals surface area contributed by atoms with Gasteiger partial charge in [0.15, 0.2) is 0 Å². The molecule has 3 heteroatoms. The summed E-state index contributed by atoms with van der Waals surface area (Å²) in [5.74, 6) is 0. The zero-order valence-corrected chi connectivity index (χ0v) is 10.5. The Morgan fingerprint density at radius 3 is 2.60 bits per heavy atom. The van der Waals surface area contributed by atoms with Crippen molar-refractivity contribution >= 4 is 15.9 Å². The van der Waals surface area contributed by atoms with E-state index in [1.54, 1.807) is 0 Å². The van der Waals surface area contributed by atoms with Crippen molar-refractivity contribution < 1.29 is 4.74 Å². The Balaban J connectivity index is 2.12. The van der Waals surface area contributed by atoms with Gasteiger partial charge < -0.3 is 4.74 Å². The summed E-state index contributed by atoms with van der Waals surface area (Å²) in [6.45, 7) is 6.03. The molecule has 0 bridgehead atoms. The van der Waals surface area contributed by atoms with Crippen molar-refractivity contribution in [2.45, 2.75) is 13.0 Å². The first-order valence-electron chi connectivity index (χ1n) is 5.35. The molecule has 1 fully saturated rings. The molecule has 1 unspecified atom stereocenters. The second-order valence-electron chi connectivity index (χ2n) is 3.85. The molecule has 1 saturated heterocycles. The maximum absolute atomic E-state index is 5.36. The van der Waals surface area contributed by atoms with E-state index in [0.717, 1.165) is 26.3 Å². The van der Waals surface area contributed by atoms with Crippen molar-refractivity contribution in [1.82, 2.24) is 4.90 Å². The van der Waals surface area contributed by atoms with Gasteiger partial charge in [0.25, 0.3) is 0 Å². The molecule has 1 heterocycles. The van der Waals surface area contributed by atoms with E-state index in [9.17, 15) is 0 Å². The second-order valence-corrected chi connectivity index (χ2v) is 4.70. The number of nitrogens with zero attached hydrogens (tertiary/aromatic N) is 1. The maximum Gasteiger partial charge on any atom is 0.0594 e. The Kier molecular flexibility index (Phi) is 3.78. The van der Waals surface area contributed by atoms with Crippen LogP contribution in [0, 0.1) is 0 Å². The Labute approximate surface area is 99.4 Å². The van der Waals surface area contributed by atoms with Crippen LogP contribution in [-0.4, -0.2) is 31.2 Å². The highest BCUT2D eigenvalue weighted by Gasteiger charge is 2.19. The topological polar surface area (TPSA) is 12.5 Å². The van der Waals surface area contributed by atoms with E-state index in [1.807, 2.05) is 0 Å². The van der Waals surface area contributed by atoms with Crippen molar-refractivity contribution in [3.63, 3.8) is 0 Å². The number of hydrogen-bond donors (Lipinski definition) is 0. The van der Waals surface area contributed by atoms with E-state index in [1.165, 1.54) is 10.0 Å². The zero-order valence-electron chi connectivity index (χ0n) is 8.95. The summed E-state index contributed by atoms with van der Waals surface area (Å²) in [7, 11) is 0. The van der Waals surface area contributed by atoms with Crippen LogP contribution in [0.15, 0.2) is 28.7 Å². The SMILES string of the molecule is CC(c1ccccc1Br)N1CCOCC1. The van der Waals surface area contributed by atoms with Crippen LogP contribution in [0.25, 0.3) is 0 Å². The number of halogens is 1. The van der Waals surface area contributed by atoms with Gasteiger partial charge in [0.05, 0.1) is 13.2 Å². The molecule has 0 amide bonds. The van der Waals surface area contributed by atoms with Gasteiger partial charge in [0.2, 0.25) is 0 Å². The van der Waals surface area contributed by atoms with E-state index in [0.29, 0.717) is 6.04 Å². The average Bonchev–Trinajstić information content (AvgIpc) is 2.30. The number of rotatable bonds is 2. The summed E-state index contributed by atoms with van der Waals surface area (Å²) < 4.78 is 6.56. The van der Waals surface area contributed by atoms with E-state index >= 15 is 0 Å². The average molecular weight is 270 g/mol. The molecule has 0 radical (unpaired) electrons. The molecule has 1 aliphatic rings. The van der Waals surface area contributed by atoms with E-state index in [2.05, 4.69) is 52.0 Å². The monoisotopic (exact) mass is 269 g/mol. The van der Waals surface area contributed by atoms with Gasteiger partial charge in [-0.25, -0.2) is 0 Å². The predicted molar refractivity (Wildman–Crippen MR) is 64.9 cm³/mol. The van der Waals surface area contributed by atoms with Crippen molar-refractivity contribution in [2.75, 3.05) is 26.3 Å². The first kappa shape index (κ1) is 11.1. The van der Waals surface area contributed by atoms with Crippen molar-refractivity contribution in [3.8, 4) is 0 Å². The van der Waals surface area contributed by atoms with Crippen molar-refractivity contribution in [3.05, 3.63) is 34.3 Å². The quantitative estimate of drug-likeness (QED) is 0.819. The first-order valence-corrected chi connectivity index (χ1v) is 6.14. The molecule has 82 valence electrons. The van der Waals surface area contributed by atoms with Gasteiger partial charge in [-0.2, -0.15) is 0 Å². The minimum absolute atomic E-state index is 0.462. The Morgan fingerprint density at radius 2 is 1.93 bits per heavy atom. The number of hydrogen-bond acceptors (Lipinski definition) is 2. The molecule has 0 saturated carbocycles. The van der Waals surface area contributed by atoms with Crippen LogP contribution in [0.3, 0.4) is 0 Å². The van der Waals surface area contributed by atoms with Crippen LogP contribution in [-0.2, 0) is 4.74 Å². The van der Waals surface area contributed by atoms with Gasteiger partial charge in [-0.3, -0.25) is 4.90 Å². The number of morpholine rings is 1. The third kappa shape index (κ3) is 2.60. The normalized spacial score (nSPS) is 20.1. The Bertz CT molecular complexity index is 323. The highest BCUT2D eigenvalue weighted by molar-refractivity contribution is 9.10. The van der Waals surface area contributed by atoms with E-state index in [4.69, 9.17) is 4.74 Å². The minimum atomic E-state index is 0.462. The Morgan fingerprint density at radius 1 is 1.27 bits per heavy atom. The molecule has 0 spiro atoms. The van der Waals surface area contributed by atoms with Gasteiger partial charge in [-0.1, -0.05) is 34.1 Å². The van der Waals surface area contributed by atoms with Gasteiger partial charge in [-0.15, -0.1) is 0 Å². The lowest BCUT2D eigenvalue weighted by Gasteiger charge is -2.32. The number of ether oxygens (including phenoxy) is 1.